The number of carbonyl (C=O) groups excluding carboxylic acids is 2. The first kappa shape index (κ1) is 36.1. The van der Waals surface area contributed by atoms with Crippen molar-refractivity contribution in [3.8, 4) is 5.75 Å². The van der Waals surface area contributed by atoms with E-state index in [1.807, 2.05) is 87.2 Å². The van der Waals surface area contributed by atoms with E-state index in [1.165, 1.54) is 0 Å². The van der Waals surface area contributed by atoms with Crippen LogP contribution in [0.1, 0.15) is 82.8 Å². The van der Waals surface area contributed by atoms with E-state index < -0.39 is 5.66 Å². The first-order valence-corrected chi connectivity index (χ1v) is 17.5. The highest BCUT2D eigenvalue weighted by Crippen LogP contribution is 2.45. The number of hydrogen-bond donors (Lipinski definition) is 3. The number of ether oxygens (including phenoxy) is 1. The van der Waals surface area contributed by atoms with Crippen molar-refractivity contribution in [1.82, 2.24) is 25.8 Å². The van der Waals surface area contributed by atoms with Crippen molar-refractivity contribution in [1.29, 1.82) is 0 Å². The molecule has 5 rings (SSSR count). The maximum Gasteiger partial charge on any atom is 0.262 e. The van der Waals surface area contributed by atoms with Gasteiger partial charge < -0.3 is 15.0 Å². The fourth-order valence-corrected chi connectivity index (χ4v) is 6.79. The van der Waals surface area contributed by atoms with Crippen LogP contribution in [-0.4, -0.2) is 66.5 Å². The van der Waals surface area contributed by atoms with Gasteiger partial charge in [0.15, 0.2) is 5.66 Å². The molecule has 0 aromatic heterocycles. The monoisotopic (exact) mass is 693 g/mol. The molecular weight excluding hydrogens is 645 g/mol. The van der Waals surface area contributed by atoms with Crippen molar-refractivity contribution >= 4 is 35.0 Å². The van der Waals surface area contributed by atoms with Crippen LogP contribution in [0.4, 0.5) is 0 Å². The van der Waals surface area contributed by atoms with Crippen LogP contribution in [0.5, 0.6) is 5.75 Å². The highest BCUT2D eigenvalue weighted by Gasteiger charge is 2.54. The minimum Gasteiger partial charge on any atom is -0.493 e. The van der Waals surface area contributed by atoms with Gasteiger partial charge in [0.05, 0.1) is 25.2 Å². The normalized spacial score (nSPS) is 22.1. The zero-order valence-corrected chi connectivity index (χ0v) is 30.6. The summed E-state index contributed by atoms with van der Waals surface area (Å²) < 4.78 is 6.32. The van der Waals surface area contributed by atoms with Crippen LogP contribution in [0.3, 0.4) is 0 Å². The Kier molecular flexibility index (Phi) is 10.8. The molecule has 0 bridgehead atoms. The molecule has 3 aromatic carbocycles. The molecule has 0 saturated carbocycles. The van der Waals surface area contributed by atoms with Gasteiger partial charge in [0, 0.05) is 47.3 Å². The van der Waals surface area contributed by atoms with Gasteiger partial charge in [-0.05, 0) is 80.1 Å². The Labute approximate surface area is 295 Å². The molecule has 0 spiro atoms. The predicted molar refractivity (Wildman–Crippen MR) is 194 cm³/mol. The zero-order chi connectivity index (χ0) is 34.9. The van der Waals surface area contributed by atoms with Crippen LogP contribution >= 0.6 is 23.2 Å². The molecule has 1 unspecified atom stereocenters. The molecule has 3 atom stereocenters. The van der Waals surface area contributed by atoms with Crippen LogP contribution in [0, 0.1) is 0 Å². The van der Waals surface area contributed by atoms with E-state index in [9.17, 15) is 4.79 Å². The van der Waals surface area contributed by atoms with Gasteiger partial charge in [-0.15, -0.1) is 0 Å². The van der Waals surface area contributed by atoms with E-state index in [-0.39, 0.29) is 34.9 Å². The van der Waals surface area contributed by atoms with Crippen molar-refractivity contribution in [2.45, 2.75) is 77.2 Å². The van der Waals surface area contributed by atoms with Crippen LogP contribution < -0.4 is 20.7 Å². The Morgan fingerprint density at radius 1 is 0.833 bits per heavy atom. The lowest BCUT2D eigenvalue weighted by Crippen LogP contribution is -2.62. The summed E-state index contributed by atoms with van der Waals surface area (Å²) in [6.07, 6.45) is 0. The number of piperazine rings is 1. The smallest absolute Gasteiger partial charge is 0.262 e. The summed E-state index contributed by atoms with van der Waals surface area (Å²) in [5, 5.41) is 11.9. The van der Waals surface area contributed by atoms with E-state index in [2.05, 4.69) is 53.8 Å². The van der Waals surface area contributed by atoms with E-state index in [1.54, 1.807) is 0 Å². The third kappa shape index (κ3) is 8.17. The summed E-state index contributed by atoms with van der Waals surface area (Å²) in [4.78, 5) is 31.8. The van der Waals surface area contributed by atoms with Gasteiger partial charge in [0.2, 0.25) is 5.91 Å². The molecule has 0 radical (unpaired) electrons. The van der Waals surface area contributed by atoms with E-state index in [0.717, 1.165) is 22.3 Å². The number of rotatable bonds is 8. The largest absolute Gasteiger partial charge is 0.493 e. The topological polar surface area (TPSA) is 85.9 Å². The number of carbonyl (C=O) groups is 2. The number of nitrogens with zero attached hydrogens (tertiary/aromatic N) is 2. The van der Waals surface area contributed by atoms with Crippen molar-refractivity contribution in [2.75, 3.05) is 39.3 Å². The number of halogens is 2. The van der Waals surface area contributed by atoms with E-state index in [0.29, 0.717) is 55.1 Å². The van der Waals surface area contributed by atoms with Gasteiger partial charge in [0.25, 0.3) is 5.91 Å². The van der Waals surface area contributed by atoms with Gasteiger partial charge in [-0.2, -0.15) is 0 Å². The average molecular weight is 695 g/mol. The third-order valence-electron chi connectivity index (χ3n) is 8.95. The molecule has 3 N–H and O–H groups in total. The Morgan fingerprint density at radius 2 is 1.35 bits per heavy atom. The second kappa shape index (κ2) is 14.4. The second-order valence-corrected chi connectivity index (χ2v) is 15.7. The van der Waals surface area contributed by atoms with Crippen LogP contribution in [0.2, 0.25) is 10.0 Å². The maximum atomic E-state index is 15.1. The van der Waals surface area contributed by atoms with Gasteiger partial charge >= 0.3 is 0 Å². The van der Waals surface area contributed by atoms with Crippen LogP contribution in [0.15, 0.2) is 66.7 Å². The van der Waals surface area contributed by atoms with Crippen molar-refractivity contribution in [3.05, 3.63) is 99.0 Å². The minimum absolute atomic E-state index is 0.0187. The summed E-state index contributed by atoms with van der Waals surface area (Å²) in [6.45, 7) is 17.2. The Bertz CT molecular complexity index is 1540. The molecule has 2 aliphatic rings. The van der Waals surface area contributed by atoms with Crippen molar-refractivity contribution < 1.29 is 14.3 Å². The molecule has 2 aliphatic heterocycles. The zero-order valence-electron chi connectivity index (χ0n) is 29.1. The van der Waals surface area contributed by atoms with Gasteiger partial charge in [-0.3, -0.25) is 25.1 Å². The summed E-state index contributed by atoms with van der Waals surface area (Å²) in [6, 6.07) is 21.1. The average Bonchev–Trinajstić information content (AvgIpc) is 3.42. The quantitative estimate of drug-likeness (QED) is 0.247. The number of amides is 2. The lowest BCUT2D eigenvalue weighted by molar-refractivity contribution is -0.141. The third-order valence-corrected chi connectivity index (χ3v) is 9.45. The number of hydrogen-bond acceptors (Lipinski definition) is 6. The van der Waals surface area contributed by atoms with Crippen molar-refractivity contribution in [3.63, 3.8) is 0 Å². The molecule has 2 saturated heterocycles. The lowest BCUT2D eigenvalue weighted by Gasteiger charge is -2.41. The molecule has 8 nitrogen and oxygen atoms in total. The molecule has 10 heteroatoms. The summed E-state index contributed by atoms with van der Waals surface area (Å²) in [7, 11) is 0. The summed E-state index contributed by atoms with van der Waals surface area (Å²) in [5.41, 5.74) is 2.06. The molecule has 3 aromatic rings. The van der Waals surface area contributed by atoms with Gasteiger partial charge in [-0.1, -0.05) is 80.4 Å². The van der Waals surface area contributed by atoms with Gasteiger partial charge in [0.1, 0.15) is 5.75 Å². The van der Waals surface area contributed by atoms with Gasteiger partial charge in [-0.25, -0.2) is 0 Å². The molecule has 2 heterocycles. The lowest BCUT2D eigenvalue weighted by atomic mass is 9.84. The Morgan fingerprint density at radius 3 is 1.81 bits per heavy atom. The standard InChI is InChI=1S/C38H49Cl2N5O3/c1-8-48-31-23-27(36(2,3)4)13-18-30(31)38(35(47)45-21-19-44(20-22-45)24-32(46)41-37(5,6)7)42-33(25-9-14-28(39)15-10-25)34(43-38)26-11-16-29(40)17-12-26/h9-18,23,33-34,42-43H,8,19-22,24H2,1-7H3,(H,41,46)/t33-,34+,38?. The van der Waals surface area contributed by atoms with E-state index in [4.69, 9.17) is 27.9 Å². The number of benzene rings is 3. The highest BCUT2D eigenvalue weighted by molar-refractivity contribution is 6.30. The SMILES string of the molecule is CCOc1cc(C(C)(C)C)ccc1C1(C(=O)N2CCN(CC(=O)NC(C)(C)C)CC2)N[C@H](c2ccc(Cl)cc2)[C@H](c2ccc(Cl)cc2)N1. The van der Waals surface area contributed by atoms with E-state index >= 15 is 4.79 Å². The minimum atomic E-state index is -1.33. The van der Waals surface area contributed by atoms with Crippen LogP contribution in [-0.2, 0) is 20.7 Å². The molecule has 2 fully saturated rings. The Balaban J connectivity index is 1.56. The first-order valence-electron chi connectivity index (χ1n) is 16.8. The number of nitrogens with one attached hydrogen (secondary N) is 3. The Hall–Kier alpha value is -3.14. The molecule has 2 amide bonds. The highest BCUT2D eigenvalue weighted by atomic mass is 35.5. The van der Waals surface area contributed by atoms with Crippen molar-refractivity contribution in [2.24, 2.45) is 0 Å². The molecule has 0 aliphatic carbocycles. The summed E-state index contributed by atoms with van der Waals surface area (Å²) >= 11 is 12.6. The van der Waals surface area contributed by atoms with Crippen LogP contribution in [0.25, 0.3) is 0 Å². The molecule has 258 valence electrons. The fraction of sp³-hybridized carbons (Fsp3) is 0.474. The fourth-order valence-electron chi connectivity index (χ4n) is 6.54. The second-order valence-electron chi connectivity index (χ2n) is 14.9. The molecule has 48 heavy (non-hydrogen) atoms. The summed E-state index contributed by atoms with van der Waals surface area (Å²) in [5.74, 6) is 0.540. The molecular formula is C38H49Cl2N5O3. The predicted octanol–water partition coefficient (Wildman–Crippen LogP) is 6.58. The maximum absolute atomic E-state index is 15.1. The first-order chi connectivity index (χ1) is 22.6.